The summed E-state index contributed by atoms with van der Waals surface area (Å²) in [7, 11) is 0. The second-order valence-electron chi connectivity index (χ2n) is 3.46. The number of ether oxygens (including phenoxy) is 1. The molecule has 0 saturated heterocycles. The molecule has 0 spiro atoms. The number of carbonyl (C=O) groups is 1. The highest BCUT2D eigenvalue weighted by atomic mass is 16.5. The molecule has 2 atom stereocenters. The Morgan fingerprint density at radius 2 is 2.54 bits per heavy atom. The van der Waals surface area contributed by atoms with Crippen molar-refractivity contribution in [2.75, 3.05) is 6.61 Å². The van der Waals surface area contributed by atoms with Crippen LogP contribution < -0.4 is 0 Å². The van der Waals surface area contributed by atoms with Gasteiger partial charge in [-0.15, -0.1) is 0 Å². The summed E-state index contributed by atoms with van der Waals surface area (Å²) in [5, 5.41) is 8.97. The quantitative estimate of drug-likeness (QED) is 0.530. The molecule has 1 aliphatic rings. The highest BCUT2D eigenvalue weighted by Gasteiger charge is 2.25. The Hall–Kier alpha value is -0.830. The molecule has 1 rings (SSSR count). The van der Waals surface area contributed by atoms with E-state index in [1.807, 2.05) is 6.92 Å². The van der Waals surface area contributed by atoms with Gasteiger partial charge in [0.2, 0.25) is 0 Å². The highest BCUT2D eigenvalue weighted by Crippen LogP contribution is 2.27. The maximum atomic E-state index is 10.7. The van der Waals surface area contributed by atoms with Crippen LogP contribution in [0.2, 0.25) is 0 Å². The predicted molar refractivity (Wildman–Crippen MR) is 49.1 cm³/mol. The SMILES string of the molecule is CC(=O)O[C@H]1CCC=C1C(C)CO. The molecule has 13 heavy (non-hydrogen) atoms. The van der Waals surface area contributed by atoms with Crippen LogP contribution >= 0.6 is 0 Å². The number of aliphatic hydroxyl groups is 1. The summed E-state index contributed by atoms with van der Waals surface area (Å²) in [6.45, 7) is 3.47. The summed E-state index contributed by atoms with van der Waals surface area (Å²) in [4.78, 5) is 10.7. The molecule has 1 unspecified atom stereocenters. The summed E-state index contributed by atoms with van der Waals surface area (Å²) in [6, 6.07) is 0. The minimum atomic E-state index is -0.247. The average molecular weight is 184 g/mol. The van der Waals surface area contributed by atoms with E-state index in [9.17, 15) is 4.79 Å². The standard InChI is InChI=1S/C10H16O3/c1-7(6-11)9-4-3-5-10(9)13-8(2)12/h4,7,10-11H,3,5-6H2,1-2H3/t7?,10-/m0/s1. The first kappa shape index (κ1) is 10.3. The van der Waals surface area contributed by atoms with E-state index in [4.69, 9.17) is 9.84 Å². The second kappa shape index (κ2) is 4.42. The number of esters is 1. The Labute approximate surface area is 78.4 Å². The smallest absolute Gasteiger partial charge is 0.303 e. The van der Waals surface area contributed by atoms with E-state index in [1.54, 1.807) is 0 Å². The third-order valence-corrected chi connectivity index (χ3v) is 2.33. The van der Waals surface area contributed by atoms with Crippen LogP contribution in [0.15, 0.2) is 11.6 Å². The third kappa shape index (κ3) is 2.56. The van der Waals surface area contributed by atoms with Crippen LogP contribution in [0.1, 0.15) is 26.7 Å². The molecule has 0 saturated carbocycles. The first-order chi connectivity index (χ1) is 6.15. The average Bonchev–Trinajstić information content (AvgIpc) is 2.50. The molecule has 3 nitrogen and oxygen atoms in total. The summed E-state index contributed by atoms with van der Waals surface area (Å²) in [6.07, 6.45) is 3.77. The van der Waals surface area contributed by atoms with Gasteiger partial charge < -0.3 is 9.84 Å². The van der Waals surface area contributed by atoms with E-state index in [2.05, 4.69) is 6.08 Å². The van der Waals surface area contributed by atoms with Crippen LogP contribution in [0.3, 0.4) is 0 Å². The van der Waals surface area contributed by atoms with E-state index < -0.39 is 0 Å². The third-order valence-electron chi connectivity index (χ3n) is 2.33. The van der Waals surface area contributed by atoms with E-state index in [0.717, 1.165) is 18.4 Å². The maximum absolute atomic E-state index is 10.7. The minimum absolute atomic E-state index is 0.0975. The lowest BCUT2D eigenvalue weighted by molar-refractivity contribution is -0.144. The van der Waals surface area contributed by atoms with Gasteiger partial charge in [0.1, 0.15) is 6.10 Å². The normalized spacial score (nSPS) is 23.9. The topological polar surface area (TPSA) is 46.5 Å². The lowest BCUT2D eigenvalue weighted by Gasteiger charge is -2.18. The molecule has 0 radical (unpaired) electrons. The molecule has 3 heteroatoms. The zero-order chi connectivity index (χ0) is 9.84. The van der Waals surface area contributed by atoms with Gasteiger partial charge in [-0.1, -0.05) is 13.0 Å². The van der Waals surface area contributed by atoms with Crippen LogP contribution in [0, 0.1) is 5.92 Å². The van der Waals surface area contributed by atoms with Crippen molar-refractivity contribution in [2.45, 2.75) is 32.8 Å². The van der Waals surface area contributed by atoms with Crippen molar-refractivity contribution < 1.29 is 14.6 Å². The van der Waals surface area contributed by atoms with Gasteiger partial charge in [-0.3, -0.25) is 4.79 Å². The van der Waals surface area contributed by atoms with Gasteiger partial charge in [-0.05, 0) is 18.4 Å². The van der Waals surface area contributed by atoms with Gasteiger partial charge in [0.05, 0.1) is 0 Å². The van der Waals surface area contributed by atoms with Crippen molar-refractivity contribution in [1.29, 1.82) is 0 Å². The fourth-order valence-corrected chi connectivity index (χ4v) is 1.65. The molecule has 0 aromatic carbocycles. The first-order valence-electron chi connectivity index (χ1n) is 4.63. The molecule has 0 amide bonds. The lowest BCUT2D eigenvalue weighted by atomic mass is 9.99. The molecule has 0 aliphatic heterocycles. The highest BCUT2D eigenvalue weighted by molar-refractivity contribution is 5.66. The zero-order valence-electron chi connectivity index (χ0n) is 8.12. The number of aliphatic hydroxyl groups excluding tert-OH is 1. The van der Waals surface area contributed by atoms with Gasteiger partial charge in [-0.2, -0.15) is 0 Å². The van der Waals surface area contributed by atoms with E-state index in [1.165, 1.54) is 6.92 Å². The predicted octanol–water partition coefficient (Wildman–Crippen LogP) is 1.27. The van der Waals surface area contributed by atoms with Crippen LogP contribution in [-0.2, 0) is 9.53 Å². The fourth-order valence-electron chi connectivity index (χ4n) is 1.65. The minimum Gasteiger partial charge on any atom is -0.458 e. The fraction of sp³-hybridized carbons (Fsp3) is 0.700. The monoisotopic (exact) mass is 184 g/mol. The molecule has 0 aromatic rings. The lowest BCUT2D eigenvalue weighted by Crippen LogP contribution is -2.20. The molecular weight excluding hydrogens is 168 g/mol. The Morgan fingerprint density at radius 3 is 3.08 bits per heavy atom. The van der Waals surface area contributed by atoms with Crippen molar-refractivity contribution in [2.24, 2.45) is 5.92 Å². The second-order valence-corrected chi connectivity index (χ2v) is 3.46. The Kier molecular flexibility index (Phi) is 3.48. The molecule has 0 heterocycles. The number of carbonyl (C=O) groups excluding carboxylic acids is 1. The molecular formula is C10H16O3. The number of rotatable bonds is 3. The maximum Gasteiger partial charge on any atom is 0.303 e. The molecule has 1 aliphatic carbocycles. The van der Waals surface area contributed by atoms with Crippen LogP contribution in [0.4, 0.5) is 0 Å². The first-order valence-corrected chi connectivity index (χ1v) is 4.63. The Bertz CT molecular complexity index is 220. The van der Waals surface area contributed by atoms with Crippen molar-refractivity contribution in [3.8, 4) is 0 Å². The van der Waals surface area contributed by atoms with E-state index >= 15 is 0 Å². The summed E-state index contributed by atoms with van der Waals surface area (Å²) in [5.74, 6) is -0.144. The number of hydrogen-bond donors (Lipinski definition) is 1. The van der Waals surface area contributed by atoms with Gasteiger partial charge in [0.15, 0.2) is 0 Å². The van der Waals surface area contributed by atoms with Crippen LogP contribution in [-0.4, -0.2) is 23.8 Å². The van der Waals surface area contributed by atoms with Crippen molar-refractivity contribution >= 4 is 5.97 Å². The zero-order valence-corrected chi connectivity index (χ0v) is 8.12. The van der Waals surface area contributed by atoms with Gasteiger partial charge >= 0.3 is 5.97 Å². The van der Waals surface area contributed by atoms with Crippen molar-refractivity contribution in [3.63, 3.8) is 0 Å². The Morgan fingerprint density at radius 1 is 1.85 bits per heavy atom. The van der Waals surface area contributed by atoms with Gasteiger partial charge in [0.25, 0.3) is 0 Å². The van der Waals surface area contributed by atoms with Crippen LogP contribution in [0.25, 0.3) is 0 Å². The van der Waals surface area contributed by atoms with E-state index in [-0.39, 0.29) is 24.6 Å². The Balaban J connectivity index is 2.57. The van der Waals surface area contributed by atoms with Crippen molar-refractivity contribution in [3.05, 3.63) is 11.6 Å². The summed E-state index contributed by atoms with van der Waals surface area (Å²) >= 11 is 0. The van der Waals surface area contributed by atoms with Gasteiger partial charge in [0, 0.05) is 19.4 Å². The van der Waals surface area contributed by atoms with E-state index in [0.29, 0.717) is 0 Å². The summed E-state index contributed by atoms with van der Waals surface area (Å²) < 4.78 is 5.13. The van der Waals surface area contributed by atoms with Crippen molar-refractivity contribution in [1.82, 2.24) is 0 Å². The van der Waals surface area contributed by atoms with Crippen LogP contribution in [0.5, 0.6) is 0 Å². The molecule has 1 N–H and O–H groups in total. The largest absolute Gasteiger partial charge is 0.458 e. The molecule has 0 fully saturated rings. The number of hydrogen-bond acceptors (Lipinski definition) is 3. The summed E-state index contributed by atoms with van der Waals surface area (Å²) in [5.41, 5.74) is 1.07. The molecule has 0 aromatic heterocycles. The number of allylic oxidation sites excluding steroid dienone is 1. The molecule has 74 valence electrons. The molecule has 0 bridgehead atoms. The van der Waals surface area contributed by atoms with Gasteiger partial charge in [-0.25, -0.2) is 0 Å².